The molecule has 2 aliphatic rings. The molecular formula is C19H30ClN3O3S2. The van der Waals surface area contributed by atoms with Crippen LogP contribution in [0.1, 0.15) is 51.4 Å². The molecule has 28 heavy (non-hydrogen) atoms. The molecule has 1 saturated carbocycles. The number of piperidine rings is 1. The first kappa shape index (κ1) is 22.0. The molecule has 1 aromatic rings. The van der Waals surface area contributed by atoms with Gasteiger partial charge >= 0.3 is 0 Å². The summed E-state index contributed by atoms with van der Waals surface area (Å²) in [5, 5.41) is 3.04. The van der Waals surface area contributed by atoms with Gasteiger partial charge in [0, 0.05) is 19.1 Å². The van der Waals surface area contributed by atoms with E-state index in [0.29, 0.717) is 10.9 Å². The van der Waals surface area contributed by atoms with Gasteiger partial charge in [-0.15, -0.1) is 11.3 Å². The molecule has 2 heterocycles. The van der Waals surface area contributed by atoms with Gasteiger partial charge in [-0.05, 0) is 50.9 Å². The molecule has 9 heteroatoms. The summed E-state index contributed by atoms with van der Waals surface area (Å²) in [4.78, 5) is 15.1. The molecule has 1 aliphatic heterocycles. The lowest BCUT2D eigenvalue weighted by Gasteiger charge is -2.48. The number of halogens is 1. The number of amides is 1. The fourth-order valence-electron chi connectivity index (χ4n) is 4.38. The van der Waals surface area contributed by atoms with Crippen molar-refractivity contribution < 1.29 is 13.2 Å². The first-order valence-corrected chi connectivity index (χ1v) is 12.7. The van der Waals surface area contributed by atoms with E-state index < -0.39 is 10.0 Å². The molecule has 6 nitrogen and oxygen atoms in total. The zero-order chi connectivity index (χ0) is 20.2. The third-order valence-electron chi connectivity index (χ3n) is 6.01. The highest BCUT2D eigenvalue weighted by atomic mass is 35.5. The number of hydrogen-bond donors (Lipinski definition) is 1. The molecule has 2 fully saturated rings. The highest BCUT2D eigenvalue weighted by molar-refractivity contribution is 7.91. The topological polar surface area (TPSA) is 69.7 Å². The molecule has 0 aromatic carbocycles. The van der Waals surface area contributed by atoms with Crippen LogP contribution < -0.4 is 5.32 Å². The summed E-state index contributed by atoms with van der Waals surface area (Å²) in [6.07, 6.45) is 9.59. The van der Waals surface area contributed by atoms with Gasteiger partial charge in [0.2, 0.25) is 5.91 Å². The number of hydrogen-bond acceptors (Lipinski definition) is 5. The predicted molar refractivity (Wildman–Crippen MR) is 113 cm³/mol. The number of nitrogens with zero attached hydrogens (tertiary/aromatic N) is 2. The summed E-state index contributed by atoms with van der Waals surface area (Å²) < 4.78 is 26.8. The summed E-state index contributed by atoms with van der Waals surface area (Å²) in [6, 6.07) is 3.03. The Bertz CT molecular complexity index is 769. The van der Waals surface area contributed by atoms with Crippen LogP contribution in [0.15, 0.2) is 16.3 Å². The van der Waals surface area contributed by atoms with E-state index >= 15 is 0 Å². The van der Waals surface area contributed by atoms with E-state index in [2.05, 4.69) is 10.2 Å². The third kappa shape index (κ3) is 5.08. The van der Waals surface area contributed by atoms with Gasteiger partial charge in [-0.2, -0.15) is 4.31 Å². The van der Waals surface area contributed by atoms with Crippen LogP contribution in [-0.4, -0.2) is 62.3 Å². The fraction of sp³-hybridized carbons (Fsp3) is 0.737. The molecule has 1 amide bonds. The Morgan fingerprint density at radius 3 is 2.43 bits per heavy atom. The van der Waals surface area contributed by atoms with Gasteiger partial charge < -0.3 is 5.32 Å². The van der Waals surface area contributed by atoms with E-state index in [1.807, 2.05) is 0 Å². The second-order valence-corrected chi connectivity index (χ2v) is 11.9. The average molecular weight is 448 g/mol. The number of carbonyl (C=O) groups excluding carboxylic acids is 1. The van der Waals surface area contributed by atoms with E-state index in [1.165, 1.54) is 51.6 Å². The molecule has 1 aliphatic carbocycles. The largest absolute Gasteiger partial charge is 0.353 e. The summed E-state index contributed by atoms with van der Waals surface area (Å²) in [6.45, 7) is 2.62. The number of thiophene rings is 1. The standard InChI is InChI=1S/C19H30ClN3O3S2/c1-22(28(25,26)18-9-8-16(20)27-18)14-17(24)21-15-19(10-4-2-5-11-19)23-12-6-3-7-13-23/h8-9H,2-7,10-15H2,1H3,(H,21,24). The molecule has 1 saturated heterocycles. The van der Waals surface area contributed by atoms with Crippen LogP contribution in [0.2, 0.25) is 4.34 Å². The van der Waals surface area contributed by atoms with Gasteiger partial charge in [0.15, 0.2) is 0 Å². The lowest BCUT2D eigenvalue weighted by Crippen LogP contribution is -2.58. The zero-order valence-corrected chi connectivity index (χ0v) is 18.8. The minimum Gasteiger partial charge on any atom is -0.353 e. The van der Waals surface area contributed by atoms with Crippen LogP contribution >= 0.6 is 22.9 Å². The highest BCUT2D eigenvalue weighted by Crippen LogP contribution is 2.35. The monoisotopic (exact) mass is 447 g/mol. The van der Waals surface area contributed by atoms with E-state index in [0.717, 1.165) is 41.6 Å². The van der Waals surface area contributed by atoms with Crippen molar-refractivity contribution in [3.8, 4) is 0 Å². The SMILES string of the molecule is CN(CC(=O)NCC1(N2CCCCC2)CCCCC1)S(=O)(=O)c1ccc(Cl)s1. The number of rotatable bonds is 7. The van der Waals surface area contributed by atoms with Crippen LogP contribution in [0.4, 0.5) is 0 Å². The Morgan fingerprint density at radius 2 is 1.82 bits per heavy atom. The predicted octanol–water partition coefficient (Wildman–Crippen LogP) is 3.33. The van der Waals surface area contributed by atoms with Crippen molar-refractivity contribution in [1.82, 2.24) is 14.5 Å². The fourth-order valence-corrected chi connectivity index (χ4v) is 7.20. The number of likely N-dealkylation sites (N-methyl/N-ethyl adjacent to an activating group) is 1. The second kappa shape index (κ2) is 9.43. The van der Waals surface area contributed by atoms with Crippen LogP contribution in [-0.2, 0) is 14.8 Å². The third-order valence-corrected chi connectivity index (χ3v) is 9.51. The number of carbonyl (C=O) groups is 1. The average Bonchev–Trinajstić information content (AvgIpc) is 3.15. The van der Waals surface area contributed by atoms with E-state index in [-0.39, 0.29) is 22.2 Å². The summed E-state index contributed by atoms with van der Waals surface area (Å²) >= 11 is 6.86. The minimum absolute atomic E-state index is 0.0348. The maximum absolute atomic E-state index is 12.6. The lowest BCUT2D eigenvalue weighted by atomic mass is 9.79. The highest BCUT2D eigenvalue weighted by Gasteiger charge is 2.38. The number of nitrogens with one attached hydrogen (secondary N) is 1. The van der Waals surface area contributed by atoms with Crippen molar-refractivity contribution in [3.05, 3.63) is 16.5 Å². The quantitative estimate of drug-likeness (QED) is 0.696. The Hall–Kier alpha value is -0.670. The summed E-state index contributed by atoms with van der Waals surface area (Å²) in [7, 11) is -2.26. The number of likely N-dealkylation sites (tertiary alicyclic amines) is 1. The Morgan fingerprint density at radius 1 is 1.18 bits per heavy atom. The lowest BCUT2D eigenvalue weighted by molar-refractivity contribution is -0.122. The van der Waals surface area contributed by atoms with E-state index in [9.17, 15) is 13.2 Å². The summed E-state index contributed by atoms with van der Waals surface area (Å²) in [5.41, 5.74) is 0.0348. The molecule has 0 atom stereocenters. The zero-order valence-electron chi connectivity index (χ0n) is 16.5. The maximum atomic E-state index is 12.6. The minimum atomic E-state index is -3.70. The molecule has 0 bridgehead atoms. The normalized spacial score (nSPS) is 21.0. The van der Waals surface area contributed by atoms with Gasteiger partial charge in [0.1, 0.15) is 4.21 Å². The Kier molecular flexibility index (Phi) is 7.42. The van der Waals surface area contributed by atoms with Gasteiger partial charge in [0.05, 0.1) is 10.9 Å². The Labute approximate surface area is 177 Å². The van der Waals surface area contributed by atoms with E-state index in [1.54, 1.807) is 6.07 Å². The molecule has 1 aromatic heterocycles. The molecule has 0 unspecified atom stereocenters. The molecule has 0 radical (unpaired) electrons. The van der Waals surface area contributed by atoms with Crippen molar-refractivity contribution in [2.45, 2.75) is 61.1 Å². The van der Waals surface area contributed by atoms with Crippen LogP contribution in [0.25, 0.3) is 0 Å². The van der Waals surface area contributed by atoms with Gasteiger partial charge in [-0.25, -0.2) is 8.42 Å². The second-order valence-electron chi connectivity index (χ2n) is 7.93. The van der Waals surface area contributed by atoms with Crippen LogP contribution in [0.5, 0.6) is 0 Å². The smallest absolute Gasteiger partial charge is 0.252 e. The van der Waals surface area contributed by atoms with Crippen molar-refractivity contribution in [3.63, 3.8) is 0 Å². The maximum Gasteiger partial charge on any atom is 0.252 e. The van der Waals surface area contributed by atoms with Gasteiger partial charge in [-0.3, -0.25) is 9.69 Å². The van der Waals surface area contributed by atoms with Crippen molar-refractivity contribution in [2.24, 2.45) is 0 Å². The van der Waals surface area contributed by atoms with Crippen molar-refractivity contribution in [1.29, 1.82) is 0 Å². The molecule has 0 spiro atoms. The van der Waals surface area contributed by atoms with Gasteiger partial charge in [-0.1, -0.05) is 37.3 Å². The number of sulfonamides is 1. The van der Waals surface area contributed by atoms with Gasteiger partial charge in [0.25, 0.3) is 10.0 Å². The van der Waals surface area contributed by atoms with E-state index in [4.69, 9.17) is 11.6 Å². The van der Waals surface area contributed by atoms with Crippen molar-refractivity contribution >= 4 is 38.9 Å². The first-order chi connectivity index (χ1) is 13.3. The first-order valence-electron chi connectivity index (χ1n) is 10.1. The van der Waals surface area contributed by atoms with Crippen LogP contribution in [0.3, 0.4) is 0 Å². The molecule has 1 N–H and O–H groups in total. The summed E-state index contributed by atoms with van der Waals surface area (Å²) in [5.74, 6) is -0.254. The van der Waals surface area contributed by atoms with Crippen molar-refractivity contribution in [2.75, 3.05) is 33.2 Å². The molecule has 3 rings (SSSR count). The molecule has 158 valence electrons. The Balaban J connectivity index is 1.60. The molecular weight excluding hydrogens is 418 g/mol. The van der Waals surface area contributed by atoms with Crippen LogP contribution in [0, 0.1) is 0 Å².